The van der Waals surface area contributed by atoms with E-state index in [0.717, 1.165) is 4.47 Å². The van der Waals surface area contributed by atoms with Crippen molar-refractivity contribution in [1.29, 1.82) is 0 Å². The Balaban J connectivity index is 2.82. The van der Waals surface area contributed by atoms with E-state index in [0.29, 0.717) is 17.6 Å². The molecule has 1 aromatic rings. The van der Waals surface area contributed by atoms with Crippen molar-refractivity contribution >= 4 is 44.9 Å². The Morgan fingerprint density at radius 1 is 1.50 bits per heavy atom. The molecule has 78 valence electrons. The minimum absolute atomic E-state index is 0.361. The maximum Gasteiger partial charge on any atom is 0.144 e. The second-order valence-corrected chi connectivity index (χ2v) is 4.56. The van der Waals surface area contributed by atoms with Gasteiger partial charge in [0.15, 0.2) is 0 Å². The normalized spacial score (nSPS) is 11.4. The van der Waals surface area contributed by atoms with Gasteiger partial charge in [-0.3, -0.25) is 0 Å². The minimum atomic E-state index is -0.361. The fourth-order valence-electron chi connectivity index (χ4n) is 0.793. The summed E-state index contributed by atoms with van der Waals surface area (Å²) in [5.41, 5.74) is -0.361. The number of aromatic nitrogens is 2. The van der Waals surface area contributed by atoms with Gasteiger partial charge in [-0.05, 0) is 22.9 Å². The lowest BCUT2D eigenvalue weighted by Gasteiger charge is -2.26. The maximum absolute atomic E-state index is 5.81. The molecule has 1 rings (SSSR count). The second-order valence-electron chi connectivity index (χ2n) is 3.17. The molecule has 1 heterocycles. The molecule has 0 radical (unpaired) electrons. The summed E-state index contributed by atoms with van der Waals surface area (Å²) in [6, 6.07) is 0. The average molecular weight is 299 g/mol. The summed E-state index contributed by atoms with van der Waals surface area (Å²) in [4.78, 5) is 7.94. The average Bonchev–Trinajstić information content (AvgIpc) is 2.21. The Kier molecular flexibility index (Phi) is 4.41. The maximum atomic E-state index is 5.81. The van der Waals surface area contributed by atoms with Crippen LogP contribution in [0.1, 0.15) is 6.92 Å². The van der Waals surface area contributed by atoms with Crippen molar-refractivity contribution in [2.24, 2.45) is 0 Å². The van der Waals surface area contributed by atoms with Gasteiger partial charge in [0, 0.05) is 18.0 Å². The highest BCUT2D eigenvalue weighted by Gasteiger charge is 2.22. The smallest absolute Gasteiger partial charge is 0.144 e. The fraction of sp³-hybridized carbons (Fsp3) is 0.500. The lowest BCUT2D eigenvalue weighted by molar-refractivity contribution is 0.644. The highest BCUT2D eigenvalue weighted by molar-refractivity contribution is 9.10. The molecule has 0 spiro atoms. The van der Waals surface area contributed by atoms with Crippen molar-refractivity contribution < 1.29 is 0 Å². The highest BCUT2D eigenvalue weighted by atomic mass is 79.9. The van der Waals surface area contributed by atoms with Gasteiger partial charge in [-0.25, -0.2) is 9.97 Å². The van der Waals surface area contributed by atoms with Gasteiger partial charge in [-0.2, -0.15) is 0 Å². The van der Waals surface area contributed by atoms with Crippen LogP contribution in [0.4, 0.5) is 5.82 Å². The first-order chi connectivity index (χ1) is 6.61. The lowest BCUT2D eigenvalue weighted by Crippen LogP contribution is -2.39. The third-order valence-corrected chi connectivity index (χ3v) is 3.44. The summed E-state index contributed by atoms with van der Waals surface area (Å²) in [7, 11) is 0. The van der Waals surface area contributed by atoms with Crippen LogP contribution in [0.5, 0.6) is 0 Å². The Bertz CT molecular complexity index is 304. The number of rotatable bonds is 4. The van der Waals surface area contributed by atoms with Crippen molar-refractivity contribution in [3.05, 3.63) is 17.0 Å². The quantitative estimate of drug-likeness (QED) is 0.869. The molecule has 0 aliphatic rings. The molecule has 0 unspecified atom stereocenters. The Morgan fingerprint density at radius 2 is 2.14 bits per heavy atom. The van der Waals surface area contributed by atoms with E-state index in [-0.39, 0.29) is 5.54 Å². The first-order valence-corrected chi connectivity index (χ1v) is 5.83. The molecule has 0 aromatic carbocycles. The summed E-state index contributed by atoms with van der Waals surface area (Å²) in [6.07, 6.45) is 3.13. The number of alkyl halides is 2. The molecule has 0 aliphatic carbocycles. The van der Waals surface area contributed by atoms with Gasteiger partial charge in [0.2, 0.25) is 0 Å². The summed E-state index contributed by atoms with van der Waals surface area (Å²) >= 11 is 14.9. The van der Waals surface area contributed by atoms with Crippen LogP contribution < -0.4 is 5.32 Å². The van der Waals surface area contributed by atoms with Gasteiger partial charge in [0.25, 0.3) is 0 Å². The van der Waals surface area contributed by atoms with Gasteiger partial charge < -0.3 is 5.32 Å². The largest absolute Gasteiger partial charge is 0.361 e. The van der Waals surface area contributed by atoms with Gasteiger partial charge in [-0.15, -0.1) is 23.2 Å². The molecule has 0 amide bonds. The van der Waals surface area contributed by atoms with Crippen molar-refractivity contribution in [3.63, 3.8) is 0 Å². The van der Waals surface area contributed by atoms with Gasteiger partial charge in [-0.1, -0.05) is 0 Å². The Labute approximate surface area is 101 Å². The molecular formula is C8H10BrCl2N3. The Morgan fingerprint density at radius 3 is 2.64 bits per heavy atom. The molecule has 1 N–H and O–H groups in total. The Hall–Kier alpha value is -0.0600. The molecule has 0 saturated heterocycles. The third kappa shape index (κ3) is 2.97. The molecule has 14 heavy (non-hydrogen) atoms. The number of nitrogens with zero attached hydrogens (tertiary/aromatic N) is 2. The summed E-state index contributed by atoms with van der Waals surface area (Å²) < 4.78 is 0.793. The topological polar surface area (TPSA) is 37.8 Å². The molecule has 0 fully saturated rings. The first kappa shape index (κ1) is 12.0. The van der Waals surface area contributed by atoms with Crippen LogP contribution in [0.15, 0.2) is 17.0 Å². The van der Waals surface area contributed by atoms with E-state index < -0.39 is 0 Å². The summed E-state index contributed by atoms with van der Waals surface area (Å²) in [5.74, 6) is 1.52. The summed E-state index contributed by atoms with van der Waals surface area (Å²) in [5, 5.41) is 3.16. The van der Waals surface area contributed by atoms with Crippen molar-refractivity contribution in [2.45, 2.75) is 12.5 Å². The van der Waals surface area contributed by atoms with Gasteiger partial charge >= 0.3 is 0 Å². The summed E-state index contributed by atoms with van der Waals surface area (Å²) in [6.45, 7) is 1.93. The fourth-order valence-corrected chi connectivity index (χ4v) is 1.53. The molecule has 0 bridgehead atoms. The van der Waals surface area contributed by atoms with Crippen LogP contribution in [0.25, 0.3) is 0 Å². The van der Waals surface area contributed by atoms with Crippen molar-refractivity contribution in [2.75, 3.05) is 17.1 Å². The number of hydrogen-bond donors (Lipinski definition) is 1. The van der Waals surface area contributed by atoms with Crippen LogP contribution in [-0.4, -0.2) is 27.3 Å². The van der Waals surface area contributed by atoms with Crippen molar-refractivity contribution in [3.8, 4) is 0 Å². The van der Waals surface area contributed by atoms with Gasteiger partial charge in [0.1, 0.15) is 12.1 Å². The molecule has 0 aliphatic heterocycles. The molecule has 0 saturated carbocycles. The van der Waals surface area contributed by atoms with Crippen LogP contribution in [0.2, 0.25) is 0 Å². The number of anilines is 1. The minimum Gasteiger partial charge on any atom is -0.361 e. The number of nitrogens with one attached hydrogen (secondary N) is 1. The first-order valence-electron chi connectivity index (χ1n) is 3.97. The third-order valence-electron chi connectivity index (χ3n) is 1.68. The van der Waals surface area contributed by atoms with E-state index in [1.807, 2.05) is 6.92 Å². The standard InChI is InChI=1S/C8H10BrCl2N3/c1-8(3-10,4-11)14-7-6(9)2-12-5-13-7/h2,5H,3-4H2,1H3,(H,12,13,14). The molecule has 1 aromatic heterocycles. The van der Waals surface area contributed by atoms with E-state index in [2.05, 4.69) is 31.2 Å². The molecule has 0 atom stereocenters. The van der Waals surface area contributed by atoms with Crippen LogP contribution in [0, 0.1) is 0 Å². The predicted molar refractivity (Wildman–Crippen MR) is 63.2 cm³/mol. The lowest BCUT2D eigenvalue weighted by atomic mass is 10.1. The van der Waals surface area contributed by atoms with E-state index >= 15 is 0 Å². The van der Waals surface area contributed by atoms with E-state index in [9.17, 15) is 0 Å². The van der Waals surface area contributed by atoms with Crippen LogP contribution in [-0.2, 0) is 0 Å². The van der Waals surface area contributed by atoms with E-state index in [4.69, 9.17) is 23.2 Å². The molecular weight excluding hydrogens is 289 g/mol. The zero-order valence-electron chi connectivity index (χ0n) is 7.60. The van der Waals surface area contributed by atoms with Gasteiger partial charge in [0.05, 0.1) is 10.0 Å². The molecule has 3 nitrogen and oxygen atoms in total. The second kappa shape index (κ2) is 5.14. The van der Waals surface area contributed by atoms with E-state index in [1.165, 1.54) is 6.33 Å². The molecule has 6 heteroatoms. The SMILES string of the molecule is CC(CCl)(CCl)Nc1ncncc1Br. The number of hydrogen-bond acceptors (Lipinski definition) is 3. The van der Waals surface area contributed by atoms with Crippen LogP contribution >= 0.6 is 39.1 Å². The highest BCUT2D eigenvalue weighted by Crippen LogP contribution is 2.22. The predicted octanol–water partition coefficient (Wildman–Crippen LogP) is 2.89. The van der Waals surface area contributed by atoms with E-state index in [1.54, 1.807) is 6.20 Å². The van der Waals surface area contributed by atoms with Crippen LogP contribution in [0.3, 0.4) is 0 Å². The zero-order chi connectivity index (χ0) is 10.6. The zero-order valence-corrected chi connectivity index (χ0v) is 10.7. The monoisotopic (exact) mass is 297 g/mol. The van der Waals surface area contributed by atoms with Crippen molar-refractivity contribution in [1.82, 2.24) is 9.97 Å². The number of halogens is 3.